The molecule has 0 radical (unpaired) electrons. The quantitative estimate of drug-likeness (QED) is 0.923. The van der Waals surface area contributed by atoms with Crippen molar-refractivity contribution in [1.82, 2.24) is 5.32 Å². The molecule has 0 amide bonds. The van der Waals surface area contributed by atoms with Crippen LogP contribution in [0.1, 0.15) is 17.4 Å². The molecule has 5 heteroatoms. The highest BCUT2D eigenvalue weighted by Gasteiger charge is 2.15. The number of nitrogens with zero attached hydrogens (tertiary/aromatic N) is 1. The van der Waals surface area contributed by atoms with E-state index in [4.69, 9.17) is 27.6 Å². The normalized spacial score (nSPS) is 12.1. The summed E-state index contributed by atoms with van der Waals surface area (Å²) in [6.45, 7) is 0.452. The fourth-order valence-corrected chi connectivity index (χ4v) is 2.00. The van der Waals surface area contributed by atoms with Crippen molar-refractivity contribution in [2.45, 2.75) is 12.6 Å². The number of nitriles is 1. The molecule has 0 saturated heterocycles. The van der Waals surface area contributed by atoms with E-state index in [1.165, 1.54) is 0 Å². The molecule has 1 N–H and O–H groups in total. The molecule has 1 aromatic heterocycles. The number of hydrogen-bond donors (Lipinski definition) is 1. The number of benzene rings is 1. The maximum atomic E-state index is 9.18. The van der Waals surface area contributed by atoms with Crippen molar-refractivity contribution in [2.75, 3.05) is 0 Å². The summed E-state index contributed by atoms with van der Waals surface area (Å²) in [6, 6.07) is 10.5. The third-order valence-corrected chi connectivity index (χ3v) is 3.32. The molecular formula is C13H10Cl2N2O. The number of hydrogen-bond acceptors (Lipinski definition) is 3. The van der Waals surface area contributed by atoms with Gasteiger partial charge in [0.15, 0.2) is 0 Å². The van der Waals surface area contributed by atoms with Gasteiger partial charge >= 0.3 is 0 Å². The van der Waals surface area contributed by atoms with Gasteiger partial charge in [-0.05, 0) is 18.2 Å². The topological polar surface area (TPSA) is 49.0 Å². The van der Waals surface area contributed by atoms with E-state index in [1.54, 1.807) is 30.5 Å². The van der Waals surface area contributed by atoms with Crippen molar-refractivity contribution in [2.24, 2.45) is 0 Å². The summed E-state index contributed by atoms with van der Waals surface area (Å²) in [4.78, 5) is 0. The zero-order chi connectivity index (χ0) is 13.0. The van der Waals surface area contributed by atoms with E-state index >= 15 is 0 Å². The maximum absolute atomic E-state index is 9.18. The van der Waals surface area contributed by atoms with Crippen LogP contribution in [-0.2, 0) is 6.54 Å². The number of nitrogens with one attached hydrogen (secondary N) is 1. The van der Waals surface area contributed by atoms with Crippen molar-refractivity contribution in [3.05, 3.63) is 58.0 Å². The summed E-state index contributed by atoms with van der Waals surface area (Å²) >= 11 is 12.0. The Hall–Kier alpha value is -1.47. The van der Waals surface area contributed by atoms with Gasteiger partial charge in [0.05, 0.1) is 28.9 Å². The van der Waals surface area contributed by atoms with Crippen molar-refractivity contribution in [3.8, 4) is 6.07 Å². The van der Waals surface area contributed by atoms with Gasteiger partial charge in [-0.2, -0.15) is 5.26 Å². The van der Waals surface area contributed by atoms with Gasteiger partial charge < -0.3 is 4.42 Å². The molecule has 0 aliphatic heterocycles. The van der Waals surface area contributed by atoms with Crippen LogP contribution in [0.15, 0.2) is 41.0 Å². The molecule has 0 aliphatic rings. The highest BCUT2D eigenvalue weighted by Crippen LogP contribution is 2.29. The number of halogens is 2. The maximum Gasteiger partial charge on any atom is 0.123 e. The fraction of sp³-hybridized carbons (Fsp3) is 0.154. The van der Waals surface area contributed by atoms with Crippen LogP contribution >= 0.6 is 23.2 Å². The van der Waals surface area contributed by atoms with Crippen LogP contribution in [0, 0.1) is 11.3 Å². The lowest BCUT2D eigenvalue weighted by molar-refractivity contribution is 0.473. The molecular weight excluding hydrogens is 271 g/mol. The van der Waals surface area contributed by atoms with Crippen LogP contribution in [0.5, 0.6) is 0 Å². The van der Waals surface area contributed by atoms with E-state index in [-0.39, 0.29) is 0 Å². The van der Waals surface area contributed by atoms with Crippen molar-refractivity contribution >= 4 is 23.2 Å². The molecule has 0 spiro atoms. The molecule has 18 heavy (non-hydrogen) atoms. The standard InChI is InChI=1S/C13H10Cl2N2O/c14-11-5-1-4-10(13(11)15)12(7-16)17-8-9-3-2-6-18-9/h1-6,12,17H,8H2. The zero-order valence-electron chi connectivity index (χ0n) is 9.36. The first kappa shape index (κ1) is 13.0. The summed E-state index contributed by atoms with van der Waals surface area (Å²) in [5.41, 5.74) is 0.665. The first-order chi connectivity index (χ1) is 8.72. The van der Waals surface area contributed by atoms with Crippen molar-refractivity contribution in [3.63, 3.8) is 0 Å². The Morgan fingerprint density at radius 1 is 1.28 bits per heavy atom. The Morgan fingerprint density at radius 2 is 2.11 bits per heavy atom. The Kier molecular flexibility index (Phi) is 4.27. The van der Waals surface area contributed by atoms with Gasteiger partial charge in [-0.25, -0.2) is 0 Å². The third kappa shape index (κ3) is 2.85. The summed E-state index contributed by atoms with van der Waals surface area (Å²) in [5, 5.41) is 13.1. The Balaban J connectivity index is 2.14. The number of furan rings is 1. The second kappa shape index (κ2) is 5.92. The van der Waals surface area contributed by atoms with Crippen molar-refractivity contribution < 1.29 is 4.42 Å². The molecule has 0 bridgehead atoms. The predicted octanol–water partition coefficient (Wildman–Crippen LogP) is 3.94. The average molecular weight is 281 g/mol. The molecule has 1 aromatic carbocycles. The van der Waals surface area contributed by atoms with Gasteiger partial charge in [0.1, 0.15) is 11.8 Å². The highest BCUT2D eigenvalue weighted by molar-refractivity contribution is 6.42. The van der Waals surface area contributed by atoms with E-state index in [0.717, 1.165) is 5.76 Å². The average Bonchev–Trinajstić information content (AvgIpc) is 2.88. The molecule has 1 heterocycles. The van der Waals surface area contributed by atoms with E-state index in [1.807, 2.05) is 6.07 Å². The van der Waals surface area contributed by atoms with Crippen LogP contribution in [0.4, 0.5) is 0 Å². The summed E-state index contributed by atoms with van der Waals surface area (Å²) < 4.78 is 5.19. The Morgan fingerprint density at radius 3 is 2.78 bits per heavy atom. The van der Waals surface area contributed by atoms with E-state index in [0.29, 0.717) is 22.2 Å². The molecule has 0 saturated carbocycles. The Labute approximate surface area is 115 Å². The van der Waals surface area contributed by atoms with Crippen LogP contribution in [0.3, 0.4) is 0 Å². The molecule has 3 nitrogen and oxygen atoms in total. The third-order valence-electron chi connectivity index (χ3n) is 2.48. The van der Waals surface area contributed by atoms with Crippen LogP contribution in [0.25, 0.3) is 0 Å². The lowest BCUT2D eigenvalue weighted by Gasteiger charge is -2.13. The zero-order valence-corrected chi connectivity index (χ0v) is 10.9. The fourth-order valence-electron chi connectivity index (χ4n) is 1.58. The van der Waals surface area contributed by atoms with E-state index < -0.39 is 6.04 Å². The molecule has 1 atom stereocenters. The first-order valence-corrected chi connectivity index (χ1v) is 6.07. The molecule has 92 valence electrons. The summed E-state index contributed by atoms with van der Waals surface area (Å²) in [6.07, 6.45) is 1.59. The minimum absolute atomic E-state index is 0.401. The lowest BCUT2D eigenvalue weighted by Crippen LogP contribution is -2.19. The second-order valence-electron chi connectivity index (χ2n) is 3.67. The Bertz CT molecular complexity index is 561. The summed E-state index contributed by atoms with van der Waals surface area (Å²) in [5.74, 6) is 0.758. The van der Waals surface area contributed by atoms with Gasteiger partial charge in [0, 0.05) is 5.56 Å². The van der Waals surface area contributed by atoms with Crippen LogP contribution in [0.2, 0.25) is 10.0 Å². The lowest BCUT2D eigenvalue weighted by atomic mass is 10.1. The molecule has 2 rings (SSSR count). The minimum Gasteiger partial charge on any atom is -0.468 e. The predicted molar refractivity (Wildman–Crippen MR) is 70.4 cm³/mol. The SMILES string of the molecule is N#CC(NCc1ccco1)c1cccc(Cl)c1Cl. The van der Waals surface area contributed by atoms with Gasteiger partial charge in [-0.3, -0.25) is 5.32 Å². The smallest absolute Gasteiger partial charge is 0.123 e. The van der Waals surface area contributed by atoms with Gasteiger partial charge in [-0.15, -0.1) is 0 Å². The number of rotatable bonds is 4. The second-order valence-corrected chi connectivity index (χ2v) is 4.45. The molecule has 0 fully saturated rings. The monoisotopic (exact) mass is 280 g/mol. The molecule has 0 aliphatic carbocycles. The largest absolute Gasteiger partial charge is 0.468 e. The molecule has 2 aromatic rings. The van der Waals surface area contributed by atoms with E-state index in [2.05, 4.69) is 11.4 Å². The van der Waals surface area contributed by atoms with Crippen LogP contribution in [-0.4, -0.2) is 0 Å². The first-order valence-electron chi connectivity index (χ1n) is 5.31. The highest BCUT2D eigenvalue weighted by atomic mass is 35.5. The van der Waals surface area contributed by atoms with Crippen LogP contribution < -0.4 is 5.32 Å². The minimum atomic E-state index is -0.527. The summed E-state index contributed by atoms with van der Waals surface area (Å²) in [7, 11) is 0. The van der Waals surface area contributed by atoms with E-state index in [9.17, 15) is 5.26 Å². The van der Waals surface area contributed by atoms with Gasteiger partial charge in [-0.1, -0.05) is 35.3 Å². The molecule has 1 unspecified atom stereocenters. The van der Waals surface area contributed by atoms with Crippen molar-refractivity contribution in [1.29, 1.82) is 5.26 Å². The van der Waals surface area contributed by atoms with Gasteiger partial charge in [0.2, 0.25) is 0 Å². The van der Waals surface area contributed by atoms with Gasteiger partial charge in [0.25, 0.3) is 0 Å².